The number of hydrogen-bond donors (Lipinski definition) is 1. The van der Waals surface area contributed by atoms with Gasteiger partial charge in [-0.15, -0.1) is 0 Å². The van der Waals surface area contributed by atoms with Gasteiger partial charge in [0.15, 0.2) is 0 Å². The summed E-state index contributed by atoms with van der Waals surface area (Å²) in [4.78, 5) is 3.62. The molecular weight excluding hydrogens is 192 g/mol. The second-order valence-electron chi connectivity index (χ2n) is 2.82. The lowest BCUT2D eigenvalue weighted by molar-refractivity contribution is 0.376. The lowest BCUT2D eigenvalue weighted by Gasteiger charge is -2.01. The van der Waals surface area contributed by atoms with Crippen molar-refractivity contribution in [3.63, 3.8) is 0 Å². The zero-order valence-corrected chi connectivity index (χ0v) is 8.34. The molecule has 6 heteroatoms. The van der Waals surface area contributed by atoms with Crippen molar-refractivity contribution >= 4 is 9.84 Å². The summed E-state index contributed by atoms with van der Waals surface area (Å²) < 4.78 is 26.9. The first kappa shape index (κ1) is 10.2. The average Bonchev–Trinajstić information content (AvgIpc) is 2.50. The van der Waals surface area contributed by atoms with Crippen LogP contribution in [0.25, 0.3) is 0 Å². The number of aromatic nitrogens is 1. The molecule has 1 aromatic heterocycles. The first-order valence-electron chi connectivity index (χ1n) is 3.86. The van der Waals surface area contributed by atoms with Crippen LogP contribution in [0.3, 0.4) is 0 Å². The Morgan fingerprint density at radius 1 is 1.69 bits per heavy atom. The molecule has 0 fully saturated rings. The van der Waals surface area contributed by atoms with E-state index >= 15 is 0 Å². The minimum atomic E-state index is -3.36. The molecule has 13 heavy (non-hydrogen) atoms. The highest BCUT2D eigenvalue weighted by molar-refractivity contribution is 7.90. The molecule has 5 nitrogen and oxygen atoms in total. The number of sulfone groups is 1. The molecule has 0 aliphatic rings. The molecule has 1 atom stereocenters. The fourth-order valence-electron chi connectivity index (χ4n) is 0.814. The second kappa shape index (κ2) is 3.47. The molecule has 74 valence electrons. The van der Waals surface area contributed by atoms with E-state index in [9.17, 15) is 8.42 Å². The van der Waals surface area contributed by atoms with E-state index in [2.05, 4.69) is 4.98 Å². The van der Waals surface area contributed by atoms with Crippen LogP contribution in [0.15, 0.2) is 15.8 Å². The lowest BCUT2D eigenvalue weighted by Crippen LogP contribution is -2.07. The van der Waals surface area contributed by atoms with Crippen LogP contribution < -0.4 is 5.73 Å². The van der Waals surface area contributed by atoms with E-state index in [0.29, 0.717) is 12.2 Å². The molecule has 1 heterocycles. The zero-order chi connectivity index (χ0) is 10.1. The number of nitrogens with two attached hydrogens (primary N) is 1. The van der Waals surface area contributed by atoms with Gasteiger partial charge in [-0.2, -0.15) is 0 Å². The average molecular weight is 204 g/mol. The van der Waals surface area contributed by atoms with Crippen molar-refractivity contribution in [1.82, 2.24) is 4.98 Å². The maximum Gasteiger partial charge on any atom is 0.314 e. The van der Waals surface area contributed by atoms with Gasteiger partial charge in [0, 0.05) is 6.26 Å². The molecule has 0 spiro atoms. The maximum atomic E-state index is 11.0. The quantitative estimate of drug-likeness (QED) is 0.774. The Balaban J connectivity index is 3.00. The summed E-state index contributed by atoms with van der Waals surface area (Å²) in [5.41, 5.74) is 5.62. The third-order valence-electron chi connectivity index (χ3n) is 1.62. The van der Waals surface area contributed by atoms with Crippen LogP contribution in [0.4, 0.5) is 0 Å². The van der Waals surface area contributed by atoms with Gasteiger partial charge in [-0.25, -0.2) is 13.4 Å². The molecule has 0 radical (unpaired) electrons. The van der Waals surface area contributed by atoms with Gasteiger partial charge >= 0.3 is 5.22 Å². The first-order valence-corrected chi connectivity index (χ1v) is 5.75. The monoisotopic (exact) mass is 204 g/mol. The van der Waals surface area contributed by atoms with Crippen molar-refractivity contribution in [2.24, 2.45) is 5.73 Å². The third kappa shape index (κ3) is 2.28. The van der Waals surface area contributed by atoms with Crippen LogP contribution in [0, 0.1) is 0 Å². The molecule has 0 saturated heterocycles. The molecule has 0 aromatic carbocycles. The predicted molar refractivity (Wildman–Crippen MR) is 46.8 cm³/mol. The van der Waals surface area contributed by atoms with Gasteiger partial charge in [-0.05, 0) is 6.42 Å². The van der Waals surface area contributed by atoms with Crippen LogP contribution in [0.1, 0.15) is 25.1 Å². The summed E-state index contributed by atoms with van der Waals surface area (Å²) in [7, 11) is -3.36. The maximum absolute atomic E-state index is 11.0. The smallest absolute Gasteiger partial charge is 0.314 e. The molecule has 0 aliphatic carbocycles. The fourth-order valence-corrected chi connectivity index (χ4v) is 1.31. The van der Waals surface area contributed by atoms with Crippen LogP contribution in [0.2, 0.25) is 0 Å². The van der Waals surface area contributed by atoms with Crippen molar-refractivity contribution in [3.8, 4) is 0 Å². The molecule has 0 saturated carbocycles. The Morgan fingerprint density at radius 2 is 2.31 bits per heavy atom. The van der Waals surface area contributed by atoms with Gasteiger partial charge in [-0.3, -0.25) is 0 Å². The highest BCUT2D eigenvalue weighted by atomic mass is 32.2. The Labute approximate surface area is 76.9 Å². The number of oxazole rings is 1. The van der Waals surface area contributed by atoms with Gasteiger partial charge in [0.1, 0.15) is 5.76 Å². The van der Waals surface area contributed by atoms with Crippen molar-refractivity contribution in [2.45, 2.75) is 24.6 Å². The highest BCUT2D eigenvalue weighted by Gasteiger charge is 2.17. The van der Waals surface area contributed by atoms with Crippen LogP contribution in [-0.2, 0) is 9.84 Å². The van der Waals surface area contributed by atoms with E-state index < -0.39 is 9.84 Å². The van der Waals surface area contributed by atoms with Crippen molar-refractivity contribution in [3.05, 3.63) is 12.0 Å². The Hall–Kier alpha value is -0.880. The summed E-state index contributed by atoms with van der Waals surface area (Å²) in [6, 6.07) is -0.289. The molecule has 0 aliphatic heterocycles. The van der Waals surface area contributed by atoms with E-state index in [1.165, 1.54) is 6.20 Å². The fraction of sp³-hybridized carbons (Fsp3) is 0.571. The van der Waals surface area contributed by atoms with E-state index in [1.54, 1.807) is 0 Å². The molecular formula is C7H12N2O3S. The van der Waals surface area contributed by atoms with Gasteiger partial charge in [0.05, 0.1) is 12.2 Å². The summed E-state index contributed by atoms with van der Waals surface area (Å²) >= 11 is 0. The Morgan fingerprint density at radius 3 is 2.69 bits per heavy atom. The Bertz CT molecular complexity index is 382. The molecule has 2 N–H and O–H groups in total. The van der Waals surface area contributed by atoms with E-state index in [0.717, 1.165) is 6.26 Å². The van der Waals surface area contributed by atoms with E-state index in [-0.39, 0.29) is 11.3 Å². The molecule has 1 unspecified atom stereocenters. The second-order valence-corrected chi connectivity index (χ2v) is 4.71. The van der Waals surface area contributed by atoms with Crippen LogP contribution in [0.5, 0.6) is 0 Å². The third-order valence-corrected chi connectivity index (χ3v) is 2.45. The van der Waals surface area contributed by atoms with Gasteiger partial charge in [-0.1, -0.05) is 6.92 Å². The first-order chi connectivity index (χ1) is 5.95. The molecule has 0 bridgehead atoms. The molecule has 1 aromatic rings. The standard InChI is InChI=1S/C7H12N2O3S/c1-3-5(8)6-4-9-7(12-6)13(2,10)11/h4-5H,3,8H2,1-2H3. The van der Waals surface area contributed by atoms with Crippen LogP contribution in [-0.4, -0.2) is 19.7 Å². The predicted octanol–water partition coefficient (Wildman–Crippen LogP) is 0.488. The Kier molecular flexibility index (Phi) is 2.72. The van der Waals surface area contributed by atoms with Crippen molar-refractivity contribution in [1.29, 1.82) is 0 Å². The van der Waals surface area contributed by atoms with Crippen LogP contribution >= 0.6 is 0 Å². The normalized spacial score (nSPS) is 14.4. The van der Waals surface area contributed by atoms with Crippen molar-refractivity contribution < 1.29 is 12.8 Å². The topological polar surface area (TPSA) is 86.2 Å². The number of nitrogens with zero attached hydrogens (tertiary/aromatic N) is 1. The summed E-state index contributed by atoms with van der Waals surface area (Å²) in [5, 5.41) is -0.272. The van der Waals surface area contributed by atoms with E-state index in [1.807, 2.05) is 6.92 Å². The molecule has 0 amide bonds. The summed E-state index contributed by atoms with van der Waals surface area (Å²) in [5.74, 6) is 0.405. The number of rotatable bonds is 3. The van der Waals surface area contributed by atoms with Gasteiger partial charge in [0.2, 0.25) is 9.84 Å². The number of hydrogen-bond acceptors (Lipinski definition) is 5. The summed E-state index contributed by atoms with van der Waals surface area (Å²) in [6.45, 7) is 1.88. The van der Waals surface area contributed by atoms with E-state index in [4.69, 9.17) is 10.2 Å². The minimum Gasteiger partial charge on any atom is -0.431 e. The lowest BCUT2D eigenvalue weighted by atomic mass is 10.2. The minimum absolute atomic E-state index is 0.272. The van der Waals surface area contributed by atoms with Gasteiger partial charge in [0.25, 0.3) is 0 Å². The largest absolute Gasteiger partial charge is 0.431 e. The zero-order valence-electron chi connectivity index (χ0n) is 7.52. The van der Waals surface area contributed by atoms with Gasteiger partial charge < -0.3 is 10.2 Å². The molecule has 1 rings (SSSR count). The van der Waals surface area contributed by atoms with Crippen molar-refractivity contribution in [2.75, 3.05) is 6.26 Å². The SMILES string of the molecule is CCC(N)c1cnc(S(C)(=O)=O)o1. The highest BCUT2D eigenvalue weighted by Crippen LogP contribution is 2.17. The summed E-state index contributed by atoms with van der Waals surface area (Å²) in [6.07, 6.45) is 3.07.